The highest BCUT2D eigenvalue weighted by molar-refractivity contribution is 5.88. The molecule has 1 aliphatic carbocycles. The van der Waals surface area contributed by atoms with Crippen molar-refractivity contribution in [2.45, 2.75) is 25.6 Å². The number of Topliss-reactive ketones (excluding diaryl/α,β-unsaturated/α-hetero) is 1. The van der Waals surface area contributed by atoms with Crippen LogP contribution in [0.2, 0.25) is 0 Å². The molecule has 1 atom stereocenters. The number of alkyl halides is 2. The van der Waals surface area contributed by atoms with E-state index in [2.05, 4.69) is 4.74 Å². The second kappa shape index (κ2) is 4.79. The maximum Gasteiger partial charge on any atom is 0.387 e. The molecule has 0 radical (unpaired) electrons. The number of halogens is 2. The Bertz CT molecular complexity index is 416. The Balaban J connectivity index is 2.11. The highest BCUT2D eigenvalue weighted by atomic mass is 19.3. The number of ketones is 1. The summed E-state index contributed by atoms with van der Waals surface area (Å²) in [5.74, 6) is -0.385. The summed E-state index contributed by atoms with van der Waals surface area (Å²) in [6.45, 7) is -2.92. The molecule has 92 valence electrons. The van der Waals surface area contributed by atoms with Crippen LogP contribution < -0.4 is 4.74 Å². The number of rotatable bonds is 5. The Morgan fingerprint density at radius 3 is 2.71 bits per heavy atom. The molecule has 2 rings (SSSR count). The second-order valence-electron chi connectivity index (χ2n) is 4.03. The van der Waals surface area contributed by atoms with E-state index >= 15 is 0 Å². The van der Waals surface area contributed by atoms with E-state index in [-0.39, 0.29) is 17.5 Å². The van der Waals surface area contributed by atoms with Crippen LogP contribution in [0.5, 0.6) is 5.75 Å². The van der Waals surface area contributed by atoms with Gasteiger partial charge in [-0.3, -0.25) is 4.79 Å². The van der Waals surface area contributed by atoms with Crippen LogP contribution in [0.25, 0.3) is 0 Å². The van der Waals surface area contributed by atoms with Crippen LogP contribution in [0.3, 0.4) is 0 Å². The molecule has 3 nitrogen and oxygen atoms in total. The van der Waals surface area contributed by atoms with Gasteiger partial charge in [0.05, 0.1) is 0 Å². The van der Waals surface area contributed by atoms with E-state index < -0.39 is 12.7 Å². The summed E-state index contributed by atoms with van der Waals surface area (Å²) in [6.07, 6.45) is 0.343. The predicted octanol–water partition coefficient (Wildman–Crippen LogP) is 2.30. The van der Waals surface area contributed by atoms with Gasteiger partial charge in [0.1, 0.15) is 11.9 Å². The second-order valence-corrected chi connectivity index (χ2v) is 4.03. The zero-order valence-corrected chi connectivity index (χ0v) is 8.98. The average molecular weight is 242 g/mol. The summed E-state index contributed by atoms with van der Waals surface area (Å²) in [7, 11) is 0. The van der Waals surface area contributed by atoms with Crippen molar-refractivity contribution in [2.24, 2.45) is 5.92 Å². The maximum atomic E-state index is 12.0. The van der Waals surface area contributed by atoms with Gasteiger partial charge < -0.3 is 9.84 Å². The van der Waals surface area contributed by atoms with Gasteiger partial charge >= 0.3 is 6.61 Å². The number of hydrogen-bond acceptors (Lipinski definition) is 3. The lowest BCUT2D eigenvalue weighted by Crippen LogP contribution is -2.14. The van der Waals surface area contributed by atoms with Crippen molar-refractivity contribution < 1.29 is 23.4 Å². The third-order valence-electron chi connectivity index (χ3n) is 2.65. The zero-order chi connectivity index (χ0) is 12.4. The van der Waals surface area contributed by atoms with Crippen molar-refractivity contribution in [1.82, 2.24) is 0 Å². The molecule has 0 heterocycles. The first-order valence-corrected chi connectivity index (χ1v) is 5.34. The molecule has 1 fully saturated rings. The average Bonchev–Trinajstić information content (AvgIpc) is 3.10. The number of carbonyl (C=O) groups is 1. The van der Waals surface area contributed by atoms with Crippen LogP contribution in [0, 0.1) is 5.92 Å². The first-order valence-electron chi connectivity index (χ1n) is 5.34. The lowest BCUT2D eigenvalue weighted by molar-refractivity contribution is -0.128. The standard InChI is InChI=1S/C12H12F2O3/c13-12(14)17-9-3-1-2-8(6-9)11(16)10(15)7-4-5-7/h1-3,6-7,11-12,16H,4-5H2. The summed E-state index contributed by atoms with van der Waals surface area (Å²) in [6, 6.07) is 5.60. The summed E-state index contributed by atoms with van der Waals surface area (Å²) in [5.41, 5.74) is 0.292. The molecule has 0 aliphatic heterocycles. The first kappa shape index (κ1) is 12.0. The lowest BCUT2D eigenvalue weighted by atomic mass is 10.0. The topological polar surface area (TPSA) is 46.5 Å². The third kappa shape index (κ3) is 3.00. The van der Waals surface area contributed by atoms with E-state index in [0.717, 1.165) is 12.8 Å². The van der Waals surface area contributed by atoms with Gasteiger partial charge in [0.15, 0.2) is 5.78 Å². The minimum absolute atomic E-state index is 0.0554. The molecule has 1 N–H and O–H groups in total. The van der Waals surface area contributed by atoms with E-state index in [1.54, 1.807) is 0 Å². The normalized spacial score (nSPS) is 16.9. The fourth-order valence-electron chi connectivity index (χ4n) is 1.62. The zero-order valence-electron chi connectivity index (χ0n) is 8.98. The summed E-state index contributed by atoms with van der Waals surface area (Å²) in [5, 5.41) is 9.77. The molecule has 5 heteroatoms. The molecule has 1 unspecified atom stereocenters. The Kier molecular flexibility index (Phi) is 3.38. The number of ether oxygens (including phenoxy) is 1. The van der Waals surface area contributed by atoms with Crippen LogP contribution >= 0.6 is 0 Å². The largest absolute Gasteiger partial charge is 0.435 e. The van der Waals surface area contributed by atoms with Crippen LogP contribution in [0.4, 0.5) is 8.78 Å². The van der Waals surface area contributed by atoms with Gasteiger partial charge in [0, 0.05) is 5.92 Å². The highest BCUT2D eigenvalue weighted by Gasteiger charge is 2.34. The van der Waals surface area contributed by atoms with Gasteiger partial charge in [-0.2, -0.15) is 8.78 Å². The van der Waals surface area contributed by atoms with Gasteiger partial charge in [-0.25, -0.2) is 0 Å². The third-order valence-corrected chi connectivity index (χ3v) is 2.65. The molecule has 0 aromatic heterocycles. The number of aliphatic hydroxyl groups excluding tert-OH is 1. The molecular weight excluding hydrogens is 230 g/mol. The SMILES string of the molecule is O=C(C1CC1)C(O)c1cccc(OC(F)F)c1. The molecule has 1 saturated carbocycles. The Morgan fingerprint density at radius 1 is 1.41 bits per heavy atom. The number of aliphatic hydroxyl groups is 1. The van der Waals surface area contributed by atoms with E-state index in [0.29, 0.717) is 5.56 Å². The van der Waals surface area contributed by atoms with Gasteiger partial charge in [0.2, 0.25) is 0 Å². The van der Waals surface area contributed by atoms with E-state index in [1.807, 2.05) is 0 Å². The Morgan fingerprint density at radius 2 is 2.12 bits per heavy atom. The predicted molar refractivity (Wildman–Crippen MR) is 55.8 cm³/mol. The minimum Gasteiger partial charge on any atom is -0.435 e. The summed E-state index contributed by atoms with van der Waals surface area (Å²) >= 11 is 0. The Labute approximate surface area is 97.0 Å². The highest BCUT2D eigenvalue weighted by Crippen LogP contribution is 2.35. The molecular formula is C12H12F2O3. The fourth-order valence-corrected chi connectivity index (χ4v) is 1.62. The monoisotopic (exact) mass is 242 g/mol. The van der Waals surface area contributed by atoms with Crippen molar-refractivity contribution in [3.8, 4) is 5.75 Å². The van der Waals surface area contributed by atoms with Gasteiger partial charge in [-0.1, -0.05) is 12.1 Å². The van der Waals surface area contributed by atoms with E-state index in [1.165, 1.54) is 24.3 Å². The smallest absolute Gasteiger partial charge is 0.387 e. The maximum absolute atomic E-state index is 12.0. The molecule has 0 bridgehead atoms. The first-order chi connectivity index (χ1) is 8.08. The molecule has 1 aromatic rings. The molecule has 1 aliphatic rings. The summed E-state index contributed by atoms with van der Waals surface area (Å²) in [4.78, 5) is 11.6. The minimum atomic E-state index is -2.92. The van der Waals surface area contributed by atoms with Crippen molar-refractivity contribution in [3.05, 3.63) is 29.8 Å². The van der Waals surface area contributed by atoms with Crippen molar-refractivity contribution in [1.29, 1.82) is 0 Å². The van der Waals surface area contributed by atoms with Crippen LogP contribution in [-0.4, -0.2) is 17.5 Å². The van der Waals surface area contributed by atoms with Crippen LogP contribution in [-0.2, 0) is 4.79 Å². The van der Waals surface area contributed by atoms with Gasteiger partial charge in [0.25, 0.3) is 0 Å². The van der Waals surface area contributed by atoms with Crippen molar-refractivity contribution in [2.75, 3.05) is 0 Å². The number of carbonyl (C=O) groups excluding carboxylic acids is 1. The molecule has 0 amide bonds. The number of hydrogen-bond donors (Lipinski definition) is 1. The van der Waals surface area contributed by atoms with Gasteiger partial charge in [-0.15, -0.1) is 0 Å². The van der Waals surface area contributed by atoms with Crippen LogP contribution in [0.1, 0.15) is 24.5 Å². The van der Waals surface area contributed by atoms with Gasteiger partial charge in [-0.05, 0) is 30.5 Å². The molecule has 0 saturated heterocycles. The quantitative estimate of drug-likeness (QED) is 0.861. The van der Waals surface area contributed by atoms with Crippen molar-refractivity contribution >= 4 is 5.78 Å². The van der Waals surface area contributed by atoms with E-state index in [9.17, 15) is 18.7 Å². The number of benzene rings is 1. The molecule has 1 aromatic carbocycles. The Hall–Kier alpha value is -1.49. The summed E-state index contributed by atoms with van der Waals surface area (Å²) < 4.78 is 28.2. The molecule has 17 heavy (non-hydrogen) atoms. The molecule has 0 spiro atoms. The fraction of sp³-hybridized carbons (Fsp3) is 0.417. The van der Waals surface area contributed by atoms with E-state index in [4.69, 9.17) is 0 Å². The van der Waals surface area contributed by atoms with Crippen LogP contribution in [0.15, 0.2) is 24.3 Å². The van der Waals surface area contributed by atoms with Crippen molar-refractivity contribution in [3.63, 3.8) is 0 Å². The lowest BCUT2D eigenvalue weighted by Gasteiger charge is -2.11.